The van der Waals surface area contributed by atoms with Crippen LogP contribution in [0.5, 0.6) is 0 Å². The molecule has 7 heteroatoms. The molecular formula is C11H21N3O4. The summed E-state index contributed by atoms with van der Waals surface area (Å²) in [4.78, 5) is 22.3. The first-order chi connectivity index (χ1) is 8.61. The molecular weight excluding hydrogens is 238 g/mol. The molecule has 18 heavy (non-hydrogen) atoms. The van der Waals surface area contributed by atoms with Gasteiger partial charge in [-0.25, -0.2) is 9.80 Å². The molecule has 1 aliphatic rings. The Kier molecular flexibility index (Phi) is 6.45. The molecule has 0 radical (unpaired) electrons. The van der Waals surface area contributed by atoms with E-state index in [9.17, 15) is 9.59 Å². The highest BCUT2D eigenvalue weighted by Gasteiger charge is 2.17. The fourth-order valence-corrected chi connectivity index (χ4v) is 1.82. The number of nitrogens with one attached hydrogen (secondary N) is 2. The Morgan fingerprint density at radius 3 is 2.61 bits per heavy atom. The maximum absolute atomic E-state index is 11.7. The molecule has 3 N–H and O–H groups in total. The van der Waals surface area contributed by atoms with E-state index in [1.807, 2.05) is 6.92 Å². The van der Waals surface area contributed by atoms with Crippen molar-refractivity contribution in [1.29, 1.82) is 0 Å². The topological polar surface area (TPSA) is 90.9 Å². The number of carboxylic acids is 1. The zero-order chi connectivity index (χ0) is 13.4. The van der Waals surface area contributed by atoms with Gasteiger partial charge in [-0.2, -0.15) is 0 Å². The Morgan fingerprint density at radius 1 is 1.39 bits per heavy atom. The first kappa shape index (κ1) is 14.7. The third-order valence-corrected chi connectivity index (χ3v) is 2.66. The summed E-state index contributed by atoms with van der Waals surface area (Å²) in [5.74, 6) is -0.903. The largest absolute Gasteiger partial charge is 0.481 e. The second kappa shape index (κ2) is 7.88. The van der Waals surface area contributed by atoms with Gasteiger partial charge < -0.3 is 15.2 Å². The van der Waals surface area contributed by atoms with Crippen LogP contribution in [0.3, 0.4) is 0 Å². The molecule has 0 spiro atoms. The number of hydrogen-bond acceptors (Lipinski definition) is 4. The molecule has 1 aliphatic heterocycles. The molecule has 0 aromatic heterocycles. The van der Waals surface area contributed by atoms with E-state index >= 15 is 0 Å². The zero-order valence-electron chi connectivity index (χ0n) is 10.6. The van der Waals surface area contributed by atoms with Crippen LogP contribution in [0.25, 0.3) is 0 Å². The van der Waals surface area contributed by atoms with Crippen LogP contribution in [0, 0.1) is 0 Å². The van der Waals surface area contributed by atoms with Crippen molar-refractivity contribution in [2.24, 2.45) is 0 Å². The number of rotatable bonds is 6. The average Bonchev–Trinajstić information content (AvgIpc) is 2.29. The van der Waals surface area contributed by atoms with Crippen LogP contribution in [0.1, 0.15) is 26.2 Å². The molecule has 0 aromatic rings. The van der Waals surface area contributed by atoms with Crippen LogP contribution in [0.4, 0.5) is 4.79 Å². The van der Waals surface area contributed by atoms with Gasteiger partial charge in [-0.05, 0) is 6.42 Å². The van der Waals surface area contributed by atoms with Gasteiger partial charge in [0.2, 0.25) is 0 Å². The van der Waals surface area contributed by atoms with Crippen molar-refractivity contribution < 1.29 is 19.4 Å². The fraction of sp³-hybridized carbons (Fsp3) is 0.818. The van der Waals surface area contributed by atoms with Gasteiger partial charge in [0.25, 0.3) is 0 Å². The molecule has 1 saturated heterocycles. The van der Waals surface area contributed by atoms with Gasteiger partial charge >= 0.3 is 12.0 Å². The van der Waals surface area contributed by atoms with E-state index in [-0.39, 0.29) is 18.5 Å². The van der Waals surface area contributed by atoms with Crippen molar-refractivity contribution >= 4 is 12.0 Å². The number of nitrogens with zero attached hydrogens (tertiary/aromatic N) is 1. The number of aliphatic carboxylic acids is 1. The third-order valence-electron chi connectivity index (χ3n) is 2.66. The number of carboxylic acid groups (broad SMARTS) is 1. The zero-order valence-corrected chi connectivity index (χ0v) is 10.6. The Morgan fingerprint density at radius 2 is 2.06 bits per heavy atom. The summed E-state index contributed by atoms with van der Waals surface area (Å²) in [6.45, 7) is 4.42. The molecule has 0 saturated carbocycles. The molecule has 1 atom stereocenters. The second-order valence-corrected chi connectivity index (χ2v) is 4.27. The Labute approximate surface area is 106 Å². The maximum Gasteiger partial charge on any atom is 0.329 e. The van der Waals surface area contributed by atoms with E-state index < -0.39 is 5.97 Å². The summed E-state index contributed by atoms with van der Waals surface area (Å²) >= 11 is 0. The smallest absolute Gasteiger partial charge is 0.329 e. The van der Waals surface area contributed by atoms with Crippen LogP contribution in [-0.2, 0) is 9.53 Å². The fourth-order valence-electron chi connectivity index (χ4n) is 1.82. The van der Waals surface area contributed by atoms with Crippen molar-refractivity contribution in [2.75, 3.05) is 26.3 Å². The van der Waals surface area contributed by atoms with Crippen LogP contribution in [-0.4, -0.2) is 54.5 Å². The number of urea groups is 1. The number of ether oxygens (including phenoxy) is 1. The average molecular weight is 259 g/mol. The number of carbonyl (C=O) groups is 2. The summed E-state index contributed by atoms with van der Waals surface area (Å²) in [6, 6.07) is -0.676. The first-order valence-electron chi connectivity index (χ1n) is 6.23. The van der Waals surface area contributed by atoms with E-state index in [1.54, 1.807) is 5.01 Å². The maximum atomic E-state index is 11.7. The van der Waals surface area contributed by atoms with Gasteiger partial charge in [0.1, 0.15) is 0 Å². The number of carbonyl (C=O) groups excluding carboxylic acids is 1. The molecule has 1 heterocycles. The van der Waals surface area contributed by atoms with Crippen LogP contribution in [0.2, 0.25) is 0 Å². The molecule has 1 rings (SSSR count). The molecule has 0 aromatic carbocycles. The summed E-state index contributed by atoms with van der Waals surface area (Å²) in [5.41, 5.74) is 2.69. The number of hydrazine groups is 1. The summed E-state index contributed by atoms with van der Waals surface area (Å²) in [6.07, 6.45) is 1.43. The van der Waals surface area contributed by atoms with Gasteiger partial charge in [-0.15, -0.1) is 0 Å². The van der Waals surface area contributed by atoms with Gasteiger partial charge in [0.05, 0.1) is 19.6 Å². The van der Waals surface area contributed by atoms with Gasteiger partial charge in [-0.3, -0.25) is 10.2 Å². The van der Waals surface area contributed by atoms with E-state index in [0.29, 0.717) is 32.7 Å². The van der Waals surface area contributed by atoms with Gasteiger partial charge in [0.15, 0.2) is 0 Å². The summed E-state index contributed by atoms with van der Waals surface area (Å²) < 4.78 is 5.16. The molecule has 2 amide bonds. The molecule has 0 aliphatic carbocycles. The van der Waals surface area contributed by atoms with E-state index in [1.165, 1.54) is 0 Å². The normalized spacial score (nSPS) is 18.1. The highest BCUT2D eigenvalue weighted by molar-refractivity contribution is 5.75. The number of amides is 2. The predicted octanol–water partition coefficient (Wildman–Crippen LogP) is 0.176. The quantitative estimate of drug-likeness (QED) is 0.633. The molecule has 1 unspecified atom stereocenters. The SMILES string of the molecule is CCCC(CC(=O)O)NC(=O)NN1CCOCC1. The minimum atomic E-state index is -0.903. The standard InChI is InChI=1S/C11H21N3O4/c1-2-3-9(8-10(15)16)12-11(17)13-14-4-6-18-7-5-14/h9H,2-8H2,1H3,(H,15,16)(H2,12,13,17). The Hall–Kier alpha value is -1.34. The minimum Gasteiger partial charge on any atom is -0.481 e. The first-order valence-corrected chi connectivity index (χ1v) is 6.23. The monoisotopic (exact) mass is 259 g/mol. The highest BCUT2D eigenvalue weighted by Crippen LogP contribution is 2.02. The van der Waals surface area contributed by atoms with Crippen LogP contribution in [0.15, 0.2) is 0 Å². The van der Waals surface area contributed by atoms with Gasteiger partial charge in [-0.1, -0.05) is 13.3 Å². The lowest BCUT2D eigenvalue weighted by Gasteiger charge is -2.28. The molecule has 1 fully saturated rings. The second-order valence-electron chi connectivity index (χ2n) is 4.27. The lowest BCUT2D eigenvalue weighted by Crippen LogP contribution is -2.53. The predicted molar refractivity (Wildman–Crippen MR) is 65.0 cm³/mol. The van der Waals surface area contributed by atoms with E-state index in [4.69, 9.17) is 9.84 Å². The van der Waals surface area contributed by atoms with Crippen molar-refractivity contribution in [3.63, 3.8) is 0 Å². The van der Waals surface area contributed by atoms with Crippen molar-refractivity contribution in [2.45, 2.75) is 32.2 Å². The Bertz CT molecular complexity index is 279. The van der Waals surface area contributed by atoms with Crippen LogP contribution < -0.4 is 10.7 Å². The molecule has 104 valence electrons. The molecule has 7 nitrogen and oxygen atoms in total. The molecule has 0 bridgehead atoms. The van der Waals surface area contributed by atoms with E-state index in [2.05, 4.69) is 10.7 Å². The van der Waals surface area contributed by atoms with Crippen molar-refractivity contribution in [3.05, 3.63) is 0 Å². The van der Waals surface area contributed by atoms with E-state index in [0.717, 1.165) is 6.42 Å². The summed E-state index contributed by atoms with van der Waals surface area (Å²) in [7, 11) is 0. The van der Waals surface area contributed by atoms with Crippen LogP contribution >= 0.6 is 0 Å². The van der Waals surface area contributed by atoms with Crippen molar-refractivity contribution in [3.8, 4) is 0 Å². The summed E-state index contributed by atoms with van der Waals surface area (Å²) in [5, 5.41) is 13.2. The third kappa shape index (κ3) is 5.83. The number of morpholine rings is 1. The lowest BCUT2D eigenvalue weighted by atomic mass is 10.1. The highest BCUT2D eigenvalue weighted by atomic mass is 16.5. The van der Waals surface area contributed by atoms with Crippen molar-refractivity contribution in [1.82, 2.24) is 15.8 Å². The van der Waals surface area contributed by atoms with Gasteiger partial charge in [0, 0.05) is 19.1 Å². The Balaban J connectivity index is 2.32. The minimum absolute atomic E-state index is 0.0512. The lowest BCUT2D eigenvalue weighted by molar-refractivity contribution is -0.137. The number of hydrogen-bond donors (Lipinski definition) is 3.